The topological polar surface area (TPSA) is 32.3 Å². The lowest BCUT2D eigenvalue weighted by Crippen LogP contribution is -2.46. The molecule has 1 N–H and O–H groups in total. The van der Waals surface area contributed by atoms with Gasteiger partial charge in [0.25, 0.3) is 0 Å². The number of likely N-dealkylation sites (N-methyl/N-ethyl adjacent to an activating group) is 1. The first-order chi connectivity index (χ1) is 9.20. The molecule has 0 saturated carbocycles. The molecule has 0 aromatic heterocycles. The zero-order valence-electron chi connectivity index (χ0n) is 12.4. The Morgan fingerprint density at radius 3 is 2.45 bits per heavy atom. The number of carbonyl (C=O) groups is 1. The van der Waals surface area contributed by atoms with Crippen molar-refractivity contribution in [3.8, 4) is 0 Å². The van der Waals surface area contributed by atoms with E-state index in [2.05, 4.69) is 36.5 Å². The van der Waals surface area contributed by atoms with E-state index in [9.17, 15) is 4.79 Å². The number of nitrogens with one attached hydrogen (secondary N) is 1. The Kier molecular flexibility index (Phi) is 7.03. The Balaban J connectivity index is 0.00000200. The zero-order valence-corrected chi connectivity index (χ0v) is 13.2. The van der Waals surface area contributed by atoms with Crippen LogP contribution in [0.4, 0.5) is 0 Å². The van der Waals surface area contributed by atoms with Crippen LogP contribution in [0.15, 0.2) is 24.3 Å². The van der Waals surface area contributed by atoms with Gasteiger partial charge in [-0.25, -0.2) is 0 Å². The molecule has 1 heterocycles. The number of nitrogens with zero attached hydrogens (tertiary/aromatic N) is 1. The van der Waals surface area contributed by atoms with Crippen molar-refractivity contribution in [1.29, 1.82) is 0 Å². The van der Waals surface area contributed by atoms with Crippen LogP contribution in [0.3, 0.4) is 0 Å². The minimum atomic E-state index is 0. The van der Waals surface area contributed by atoms with E-state index < -0.39 is 0 Å². The van der Waals surface area contributed by atoms with Gasteiger partial charge in [-0.05, 0) is 36.9 Å². The number of hydrogen-bond donors (Lipinski definition) is 1. The summed E-state index contributed by atoms with van der Waals surface area (Å²) in [5, 5.41) is 3.31. The molecular formula is C16H25ClN2O. The van der Waals surface area contributed by atoms with Gasteiger partial charge in [-0.1, -0.05) is 37.6 Å². The van der Waals surface area contributed by atoms with Crippen LogP contribution in [0, 0.1) is 0 Å². The maximum Gasteiger partial charge on any atom is 0.239 e. The summed E-state index contributed by atoms with van der Waals surface area (Å²) in [5.41, 5.74) is 2.54. The van der Waals surface area contributed by atoms with E-state index in [4.69, 9.17) is 0 Å². The number of aryl methyl sites for hydroxylation is 1. The van der Waals surface area contributed by atoms with E-state index in [-0.39, 0.29) is 24.4 Å². The molecule has 3 nitrogen and oxygen atoms in total. The lowest BCUT2D eigenvalue weighted by Gasteiger charge is -2.27. The van der Waals surface area contributed by atoms with Crippen molar-refractivity contribution < 1.29 is 4.79 Å². The van der Waals surface area contributed by atoms with Crippen LogP contribution < -0.4 is 5.32 Å². The maximum atomic E-state index is 12.3. The van der Waals surface area contributed by atoms with Gasteiger partial charge >= 0.3 is 0 Å². The second-order valence-corrected chi connectivity index (χ2v) is 5.37. The van der Waals surface area contributed by atoms with Crippen molar-refractivity contribution in [3.63, 3.8) is 0 Å². The summed E-state index contributed by atoms with van der Waals surface area (Å²) < 4.78 is 0. The molecule has 1 fully saturated rings. The Bertz CT molecular complexity index is 413. The van der Waals surface area contributed by atoms with E-state index in [1.807, 2.05) is 11.9 Å². The van der Waals surface area contributed by atoms with Crippen molar-refractivity contribution in [1.82, 2.24) is 10.2 Å². The third-order valence-electron chi connectivity index (χ3n) is 3.84. The van der Waals surface area contributed by atoms with E-state index in [0.717, 1.165) is 25.8 Å². The van der Waals surface area contributed by atoms with Gasteiger partial charge in [-0.3, -0.25) is 4.79 Å². The number of halogens is 1. The minimum Gasteiger partial charge on any atom is -0.340 e. The standard InChI is InChI=1S/C16H24N2O.ClH/c1-3-13-7-9-14(10-8-13)12-18(2)16(19)15-6-4-5-11-17-15;/h7-10,15,17H,3-6,11-12H2,1-2H3;1H/t15-;/m0./s1. The summed E-state index contributed by atoms with van der Waals surface area (Å²) in [7, 11) is 1.90. The molecule has 0 radical (unpaired) electrons. The summed E-state index contributed by atoms with van der Waals surface area (Å²) in [6.45, 7) is 3.82. The number of rotatable bonds is 4. The SMILES string of the molecule is CCc1ccc(CN(C)C(=O)[C@@H]2CCCCN2)cc1.Cl. The minimum absolute atomic E-state index is 0. The van der Waals surface area contributed by atoms with Crippen LogP contribution in [0.1, 0.15) is 37.3 Å². The highest BCUT2D eigenvalue weighted by atomic mass is 35.5. The first kappa shape index (κ1) is 17.0. The van der Waals surface area contributed by atoms with E-state index in [1.165, 1.54) is 17.5 Å². The van der Waals surface area contributed by atoms with Gasteiger partial charge in [-0.2, -0.15) is 0 Å². The lowest BCUT2D eigenvalue weighted by atomic mass is 10.0. The van der Waals surface area contributed by atoms with Gasteiger partial charge in [0.1, 0.15) is 0 Å². The molecule has 1 aromatic carbocycles. The predicted molar refractivity (Wildman–Crippen MR) is 85.2 cm³/mol. The number of benzene rings is 1. The second-order valence-electron chi connectivity index (χ2n) is 5.37. The molecule has 0 unspecified atom stereocenters. The van der Waals surface area contributed by atoms with Gasteiger partial charge < -0.3 is 10.2 Å². The molecule has 0 spiro atoms. The fourth-order valence-electron chi connectivity index (χ4n) is 2.56. The molecule has 112 valence electrons. The van der Waals surface area contributed by atoms with Crippen LogP contribution in [-0.4, -0.2) is 30.4 Å². The van der Waals surface area contributed by atoms with Gasteiger partial charge in [0.15, 0.2) is 0 Å². The van der Waals surface area contributed by atoms with E-state index in [1.54, 1.807) is 0 Å². The summed E-state index contributed by atoms with van der Waals surface area (Å²) in [6, 6.07) is 8.56. The van der Waals surface area contributed by atoms with Gasteiger partial charge in [0.2, 0.25) is 5.91 Å². The Morgan fingerprint density at radius 2 is 1.90 bits per heavy atom. The van der Waals surface area contributed by atoms with Crippen LogP contribution in [0.2, 0.25) is 0 Å². The Labute approximate surface area is 128 Å². The van der Waals surface area contributed by atoms with Crippen molar-refractivity contribution in [3.05, 3.63) is 35.4 Å². The molecule has 20 heavy (non-hydrogen) atoms. The quantitative estimate of drug-likeness (QED) is 0.926. The third-order valence-corrected chi connectivity index (χ3v) is 3.84. The molecule has 1 atom stereocenters. The van der Waals surface area contributed by atoms with Gasteiger partial charge in [0, 0.05) is 13.6 Å². The normalized spacial score (nSPS) is 18.2. The monoisotopic (exact) mass is 296 g/mol. The van der Waals surface area contributed by atoms with Crippen molar-refractivity contribution >= 4 is 18.3 Å². The molecule has 2 rings (SSSR count). The third kappa shape index (κ3) is 4.50. The number of hydrogen-bond acceptors (Lipinski definition) is 2. The van der Waals surface area contributed by atoms with Crippen LogP contribution in [-0.2, 0) is 17.8 Å². The Morgan fingerprint density at radius 1 is 1.25 bits per heavy atom. The molecule has 1 aromatic rings. The van der Waals surface area contributed by atoms with Gasteiger partial charge in [-0.15, -0.1) is 12.4 Å². The highest BCUT2D eigenvalue weighted by Gasteiger charge is 2.23. The van der Waals surface area contributed by atoms with Crippen LogP contribution in [0.25, 0.3) is 0 Å². The first-order valence-electron chi connectivity index (χ1n) is 7.27. The number of carbonyl (C=O) groups excluding carboxylic acids is 1. The number of piperidine rings is 1. The number of amides is 1. The summed E-state index contributed by atoms with van der Waals surface area (Å²) in [4.78, 5) is 14.1. The molecule has 0 bridgehead atoms. The Hall–Kier alpha value is -1.06. The molecule has 0 aliphatic carbocycles. The van der Waals surface area contributed by atoms with Crippen molar-refractivity contribution in [2.45, 2.75) is 45.2 Å². The highest BCUT2D eigenvalue weighted by molar-refractivity contribution is 5.85. The molecule has 1 aliphatic rings. The van der Waals surface area contributed by atoms with E-state index >= 15 is 0 Å². The van der Waals surface area contributed by atoms with Crippen LogP contribution >= 0.6 is 12.4 Å². The smallest absolute Gasteiger partial charge is 0.239 e. The maximum absolute atomic E-state index is 12.3. The molecular weight excluding hydrogens is 272 g/mol. The molecule has 1 amide bonds. The molecule has 4 heteroatoms. The largest absolute Gasteiger partial charge is 0.340 e. The van der Waals surface area contributed by atoms with E-state index in [0.29, 0.717) is 6.54 Å². The summed E-state index contributed by atoms with van der Waals surface area (Å²) in [6.07, 6.45) is 4.37. The second kappa shape index (κ2) is 8.28. The average Bonchev–Trinajstić information content (AvgIpc) is 2.48. The summed E-state index contributed by atoms with van der Waals surface area (Å²) in [5.74, 6) is 0.222. The predicted octanol–water partition coefficient (Wildman–Crippen LogP) is 2.77. The highest BCUT2D eigenvalue weighted by Crippen LogP contribution is 2.12. The molecule has 1 saturated heterocycles. The first-order valence-corrected chi connectivity index (χ1v) is 7.27. The van der Waals surface area contributed by atoms with Crippen molar-refractivity contribution in [2.75, 3.05) is 13.6 Å². The zero-order chi connectivity index (χ0) is 13.7. The fourth-order valence-corrected chi connectivity index (χ4v) is 2.56. The average molecular weight is 297 g/mol. The van der Waals surface area contributed by atoms with Crippen molar-refractivity contribution in [2.24, 2.45) is 0 Å². The fraction of sp³-hybridized carbons (Fsp3) is 0.562. The summed E-state index contributed by atoms with van der Waals surface area (Å²) >= 11 is 0. The molecule has 1 aliphatic heterocycles. The van der Waals surface area contributed by atoms with Gasteiger partial charge in [0.05, 0.1) is 6.04 Å². The lowest BCUT2D eigenvalue weighted by molar-refractivity contribution is -0.133. The van der Waals surface area contributed by atoms with Crippen LogP contribution in [0.5, 0.6) is 0 Å².